The van der Waals surface area contributed by atoms with Crippen molar-refractivity contribution < 1.29 is 18.7 Å². The lowest BCUT2D eigenvalue weighted by atomic mass is 10.1. The molecule has 5 heteroatoms. The van der Waals surface area contributed by atoms with E-state index in [1.54, 1.807) is 55.6 Å². The Morgan fingerprint density at radius 3 is 2.34 bits per heavy atom. The summed E-state index contributed by atoms with van der Waals surface area (Å²) in [6, 6.07) is 23.1. The largest absolute Gasteiger partial charge is 0.497 e. The number of fused-ring (bicyclic) bond motifs is 1. The van der Waals surface area contributed by atoms with Gasteiger partial charge < -0.3 is 13.9 Å². The Morgan fingerprint density at radius 1 is 0.897 bits per heavy atom. The third-order valence-electron chi connectivity index (χ3n) is 4.57. The lowest BCUT2D eigenvalue weighted by Crippen LogP contribution is -2.11. The van der Waals surface area contributed by atoms with Gasteiger partial charge in [-0.3, -0.25) is 4.79 Å². The Balaban J connectivity index is 1.53. The molecule has 0 bridgehead atoms. The molecule has 0 saturated carbocycles. The van der Waals surface area contributed by atoms with Crippen LogP contribution in [0.3, 0.4) is 0 Å². The van der Waals surface area contributed by atoms with E-state index in [2.05, 4.69) is 0 Å². The number of methoxy groups -OCH3 is 1. The molecule has 0 atom stereocenters. The van der Waals surface area contributed by atoms with Crippen LogP contribution in [0.15, 0.2) is 88.1 Å². The highest BCUT2D eigenvalue weighted by atomic mass is 16.5. The smallest absolute Gasteiger partial charge is 0.344 e. The second kappa shape index (κ2) is 8.02. The van der Waals surface area contributed by atoms with Crippen LogP contribution in [0, 0.1) is 0 Å². The summed E-state index contributed by atoms with van der Waals surface area (Å²) in [7, 11) is 1.57. The second-order valence-electron chi connectivity index (χ2n) is 6.45. The van der Waals surface area contributed by atoms with E-state index >= 15 is 0 Å². The Kier molecular flexibility index (Phi) is 5.12. The molecule has 0 amide bonds. The fraction of sp³-hybridized carbons (Fsp3) is 0.0833. The van der Waals surface area contributed by atoms with Gasteiger partial charge in [0.2, 0.25) is 0 Å². The van der Waals surface area contributed by atoms with Crippen molar-refractivity contribution in [2.75, 3.05) is 13.7 Å². The number of ketones is 1. The number of rotatable bonds is 6. The first-order valence-electron chi connectivity index (χ1n) is 9.07. The van der Waals surface area contributed by atoms with Crippen LogP contribution in [0.1, 0.15) is 10.4 Å². The number of benzene rings is 3. The van der Waals surface area contributed by atoms with Gasteiger partial charge in [0.1, 0.15) is 17.1 Å². The third kappa shape index (κ3) is 4.04. The minimum atomic E-state index is -0.421. The van der Waals surface area contributed by atoms with Gasteiger partial charge in [0, 0.05) is 17.0 Å². The molecule has 0 radical (unpaired) electrons. The van der Waals surface area contributed by atoms with Gasteiger partial charge in [-0.25, -0.2) is 4.79 Å². The highest BCUT2D eigenvalue weighted by molar-refractivity contribution is 5.97. The van der Waals surface area contributed by atoms with Crippen molar-refractivity contribution in [1.82, 2.24) is 0 Å². The van der Waals surface area contributed by atoms with E-state index in [1.165, 1.54) is 0 Å². The number of hydrogen-bond donors (Lipinski definition) is 0. The molecular weight excluding hydrogens is 368 g/mol. The molecule has 0 aliphatic rings. The van der Waals surface area contributed by atoms with Crippen molar-refractivity contribution in [3.05, 3.63) is 94.8 Å². The van der Waals surface area contributed by atoms with Gasteiger partial charge in [-0.15, -0.1) is 0 Å². The summed E-state index contributed by atoms with van der Waals surface area (Å²) < 4.78 is 16.2. The molecule has 0 saturated heterocycles. The summed E-state index contributed by atoms with van der Waals surface area (Å²) in [6.07, 6.45) is 0. The molecule has 0 spiro atoms. The topological polar surface area (TPSA) is 65.7 Å². The molecule has 144 valence electrons. The first kappa shape index (κ1) is 18.5. The molecule has 29 heavy (non-hydrogen) atoms. The van der Waals surface area contributed by atoms with Crippen LogP contribution in [-0.4, -0.2) is 19.5 Å². The third-order valence-corrected chi connectivity index (χ3v) is 4.57. The van der Waals surface area contributed by atoms with Crippen LogP contribution in [-0.2, 0) is 0 Å². The molecule has 1 heterocycles. The van der Waals surface area contributed by atoms with E-state index in [1.807, 2.05) is 30.3 Å². The zero-order valence-corrected chi connectivity index (χ0v) is 15.8. The summed E-state index contributed by atoms with van der Waals surface area (Å²) >= 11 is 0. The number of hydrogen-bond acceptors (Lipinski definition) is 5. The molecule has 0 N–H and O–H groups in total. The van der Waals surface area contributed by atoms with Crippen molar-refractivity contribution in [2.24, 2.45) is 0 Å². The van der Waals surface area contributed by atoms with Crippen LogP contribution in [0.4, 0.5) is 0 Å². The lowest BCUT2D eigenvalue weighted by molar-refractivity contribution is 0.0921. The van der Waals surface area contributed by atoms with Crippen LogP contribution in [0.2, 0.25) is 0 Å². The Labute approximate surface area is 167 Å². The highest BCUT2D eigenvalue weighted by Gasteiger charge is 2.10. The maximum Gasteiger partial charge on any atom is 0.344 e. The SMILES string of the molecule is COc1ccc(C(=O)COc2ccc3cc(-c4ccccc4)c(=O)oc3c2)cc1. The minimum Gasteiger partial charge on any atom is -0.497 e. The van der Waals surface area contributed by atoms with Crippen molar-refractivity contribution >= 4 is 16.8 Å². The van der Waals surface area contributed by atoms with Gasteiger partial charge >= 0.3 is 5.63 Å². The molecule has 0 aliphatic heterocycles. The molecule has 3 aromatic carbocycles. The van der Waals surface area contributed by atoms with Crippen molar-refractivity contribution in [2.45, 2.75) is 0 Å². The number of carbonyl (C=O) groups excluding carboxylic acids is 1. The summed E-state index contributed by atoms with van der Waals surface area (Å²) in [5.41, 5.74) is 1.82. The standard InChI is InChI=1S/C24H18O5/c1-27-19-10-7-17(8-11-19)22(25)15-28-20-12-9-18-13-21(16-5-3-2-4-6-16)24(26)29-23(18)14-20/h2-14H,15H2,1H3. The van der Waals surface area contributed by atoms with E-state index in [0.29, 0.717) is 28.2 Å². The van der Waals surface area contributed by atoms with Gasteiger partial charge in [-0.2, -0.15) is 0 Å². The quantitative estimate of drug-likeness (QED) is 0.354. The fourth-order valence-electron chi connectivity index (χ4n) is 3.01. The second-order valence-corrected chi connectivity index (χ2v) is 6.45. The first-order valence-corrected chi connectivity index (χ1v) is 9.07. The van der Waals surface area contributed by atoms with E-state index in [9.17, 15) is 9.59 Å². The summed E-state index contributed by atoms with van der Waals surface area (Å²) in [5.74, 6) is 0.977. The Bertz CT molecular complexity index is 1210. The van der Waals surface area contributed by atoms with Crippen molar-refractivity contribution in [1.29, 1.82) is 0 Å². The molecule has 0 unspecified atom stereocenters. The summed E-state index contributed by atoms with van der Waals surface area (Å²) in [4.78, 5) is 24.7. The van der Waals surface area contributed by atoms with Gasteiger partial charge in [0.05, 0.1) is 12.7 Å². The van der Waals surface area contributed by atoms with Gasteiger partial charge in [0.15, 0.2) is 12.4 Å². The normalized spacial score (nSPS) is 10.7. The number of Topliss-reactive ketones (excluding diaryl/α,β-unsaturated/α-hetero) is 1. The predicted molar refractivity (Wildman–Crippen MR) is 111 cm³/mol. The van der Waals surface area contributed by atoms with Crippen LogP contribution < -0.4 is 15.1 Å². The van der Waals surface area contributed by atoms with Crippen LogP contribution in [0.25, 0.3) is 22.1 Å². The molecule has 5 nitrogen and oxygen atoms in total. The van der Waals surface area contributed by atoms with Gasteiger partial charge in [-0.05, 0) is 48.0 Å². The average Bonchev–Trinajstić information content (AvgIpc) is 2.77. The van der Waals surface area contributed by atoms with E-state index in [-0.39, 0.29) is 12.4 Å². The van der Waals surface area contributed by atoms with E-state index in [0.717, 1.165) is 10.9 Å². The van der Waals surface area contributed by atoms with Gasteiger partial charge in [0.25, 0.3) is 0 Å². The highest BCUT2D eigenvalue weighted by Crippen LogP contribution is 2.24. The van der Waals surface area contributed by atoms with Crippen molar-refractivity contribution in [3.63, 3.8) is 0 Å². The minimum absolute atomic E-state index is 0.121. The fourth-order valence-corrected chi connectivity index (χ4v) is 3.01. The molecule has 0 aliphatic carbocycles. The lowest BCUT2D eigenvalue weighted by Gasteiger charge is -2.08. The molecule has 0 fully saturated rings. The first-order chi connectivity index (χ1) is 14.1. The Morgan fingerprint density at radius 2 is 1.62 bits per heavy atom. The number of ether oxygens (including phenoxy) is 2. The zero-order valence-electron chi connectivity index (χ0n) is 15.8. The van der Waals surface area contributed by atoms with Crippen LogP contribution in [0.5, 0.6) is 11.5 Å². The predicted octanol–water partition coefficient (Wildman–Crippen LogP) is 4.73. The van der Waals surface area contributed by atoms with Gasteiger partial charge in [-0.1, -0.05) is 30.3 Å². The molecular formula is C24H18O5. The van der Waals surface area contributed by atoms with E-state index < -0.39 is 5.63 Å². The van der Waals surface area contributed by atoms with E-state index in [4.69, 9.17) is 13.9 Å². The summed E-state index contributed by atoms with van der Waals surface area (Å²) in [5, 5.41) is 0.775. The number of carbonyl (C=O) groups is 1. The monoisotopic (exact) mass is 386 g/mol. The summed E-state index contributed by atoms with van der Waals surface area (Å²) in [6.45, 7) is -0.121. The Hall–Kier alpha value is -3.86. The molecule has 4 aromatic rings. The average molecular weight is 386 g/mol. The van der Waals surface area contributed by atoms with Crippen LogP contribution >= 0.6 is 0 Å². The maximum atomic E-state index is 12.4. The molecule has 1 aromatic heterocycles. The zero-order chi connectivity index (χ0) is 20.2. The molecule has 4 rings (SSSR count). The van der Waals surface area contributed by atoms with Crippen molar-refractivity contribution in [3.8, 4) is 22.6 Å². The maximum absolute atomic E-state index is 12.4.